The number of nitrogens with zero attached hydrogens (tertiary/aromatic N) is 5. The van der Waals surface area contributed by atoms with Gasteiger partial charge in [0.05, 0.1) is 28.5 Å². The Morgan fingerprint density at radius 2 is 1.77 bits per heavy atom. The molecule has 0 bridgehead atoms. The number of rotatable bonds is 13. The molecule has 338 valence electrons. The van der Waals surface area contributed by atoms with Crippen LogP contribution in [-0.4, -0.2) is 88.6 Å². The SMILES string of the molecule is CC(C)c1ccccc1[C@@H]1CCC[C@H]1N1CC2(CCN(c3ccc(C(=O)NS(=O)(=O)c4cnc(NCC5CCC(C)(O)CC5)c([N+](=O)[O-])c4)c(Oc4cnc5[nH]ccc5c4)c3)CC2)C1. The molecule has 4 aliphatic rings. The van der Waals surface area contributed by atoms with Crippen LogP contribution in [0.25, 0.3) is 11.0 Å². The normalized spacial score (nSPS) is 23.6. The van der Waals surface area contributed by atoms with E-state index < -0.39 is 37.0 Å². The van der Waals surface area contributed by atoms with E-state index in [9.17, 15) is 28.4 Å². The number of nitrogens with one attached hydrogen (secondary N) is 3. The molecule has 2 atom stereocenters. The maximum absolute atomic E-state index is 14.0. The molecule has 1 spiro atoms. The number of ether oxygens (including phenoxy) is 1. The first-order valence-corrected chi connectivity index (χ1v) is 24.1. The molecule has 64 heavy (non-hydrogen) atoms. The van der Waals surface area contributed by atoms with Crippen LogP contribution >= 0.6 is 0 Å². The number of pyridine rings is 2. The van der Waals surface area contributed by atoms with Gasteiger partial charge in [-0.25, -0.2) is 23.1 Å². The predicted octanol–water partition coefficient (Wildman–Crippen LogP) is 8.49. The van der Waals surface area contributed by atoms with Crippen molar-refractivity contribution in [3.05, 3.63) is 106 Å². The molecule has 2 aromatic carbocycles. The summed E-state index contributed by atoms with van der Waals surface area (Å²) in [5.41, 5.74) is 3.48. The highest BCUT2D eigenvalue weighted by Gasteiger charge is 2.49. The Bertz CT molecular complexity index is 2640. The summed E-state index contributed by atoms with van der Waals surface area (Å²) in [6.07, 6.45) is 12.8. The fourth-order valence-corrected chi connectivity index (χ4v) is 11.6. The van der Waals surface area contributed by atoms with Gasteiger partial charge in [0.25, 0.3) is 15.9 Å². The van der Waals surface area contributed by atoms with E-state index in [2.05, 4.69) is 72.9 Å². The molecule has 9 rings (SSSR count). The van der Waals surface area contributed by atoms with Crippen molar-refractivity contribution in [2.75, 3.05) is 42.9 Å². The van der Waals surface area contributed by atoms with Crippen LogP contribution in [0.15, 0.2) is 84.1 Å². The Labute approximate surface area is 374 Å². The largest absolute Gasteiger partial charge is 0.455 e. The molecule has 2 aliphatic carbocycles. The van der Waals surface area contributed by atoms with E-state index in [1.165, 1.54) is 36.6 Å². The van der Waals surface area contributed by atoms with E-state index in [4.69, 9.17) is 4.74 Å². The van der Waals surface area contributed by atoms with Gasteiger partial charge >= 0.3 is 5.69 Å². The maximum Gasteiger partial charge on any atom is 0.312 e. The molecule has 15 nitrogen and oxygen atoms in total. The summed E-state index contributed by atoms with van der Waals surface area (Å²) in [7, 11) is -4.62. The number of anilines is 2. The van der Waals surface area contributed by atoms with Crippen molar-refractivity contribution < 1.29 is 28.0 Å². The number of sulfonamides is 1. The summed E-state index contributed by atoms with van der Waals surface area (Å²) in [6.45, 7) is 10.6. The highest BCUT2D eigenvalue weighted by Crippen LogP contribution is 2.49. The van der Waals surface area contributed by atoms with E-state index in [0.29, 0.717) is 48.7 Å². The first kappa shape index (κ1) is 43.7. The Balaban J connectivity index is 0.895. The molecule has 0 radical (unpaired) electrons. The minimum absolute atomic E-state index is 0.0398. The number of hydrogen-bond acceptors (Lipinski definition) is 12. The third-order valence-corrected chi connectivity index (χ3v) is 15.7. The number of fused-ring (bicyclic) bond motifs is 1. The van der Waals surface area contributed by atoms with Crippen molar-refractivity contribution in [2.24, 2.45) is 11.3 Å². The molecular formula is C48H58N8O7S. The fourth-order valence-electron chi connectivity index (χ4n) is 10.6. The highest BCUT2D eigenvalue weighted by atomic mass is 32.2. The molecule has 1 amide bonds. The smallest absolute Gasteiger partial charge is 0.312 e. The zero-order valence-electron chi connectivity index (χ0n) is 36.8. The molecule has 5 heterocycles. The molecular weight excluding hydrogens is 833 g/mol. The number of amides is 1. The van der Waals surface area contributed by atoms with Crippen LogP contribution in [0.5, 0.6) is 11.5 Å². The Kier molecular flexibility index (Phi) is 11.9. The predicted molar refractivity (Wildman–Crippen MR) is 246 cm³/mol. The zero-order chi connectivity index (χ0) is 44.8. The number of piperidine rings is 1. The lowest BCUT2D eigenvalue weighted by molar-refractivity contribution is -0.384. The topological polar surface area (TPSA) is 196 Å². The van der Waals surface area contributed by atoms with Crippen molar-refractivity contribution >= 4 is 44.2 Å². The van der Waals surface area contributed by atoms with Crippen molar-refractivity contribution in [1.29, 1.82) is 0 Å². The summed E-state index contributed by atoms with van der Waals surface area (Å²) in [5, 5.41) is 26.2. The van der Waals surface area contributed by atoms with Gasteiger partial charge in [0.15, 0.2) is 0 Å². The van der Waals surface area contributed by atoms with Crippen LogP contribution in [-0.2, 0) is 10.0 Å². The van der Waals surface area contributed by atoms with Gasteiger partial charge in [0.2, 0.25) is 5.82 Å². The number of carbonyl (C=O) groups excluding carboxylic acids is 1. The van der Waals surface area contributed by atoms with Crippen LogP contribution in [0.4, 0.5) is 17.2 Å². The standard InChI is InChI=1S/C48H58N8O7S/c1-31(2)37-7-4-5-8-38(37)39-9-6-10-41(39)55-29-48(30-55)18-21-54(22-19-48)34-11-12-40(43(24-34)63-35-23-33-15-20-49-44(33)51-27-35)46(57)53-64(61,62)36-25-42(56(59)60)45(52-28-36)50-26-32-13-16-47(3,58)17-14-32/h4-5,7-8,11-12,15,20,23-25,27-28,31-32,39,41,58H,6,9-10,13-14,16-19,21-22,26,29-30H2,1-3H3,(H,49,51)(H,50,52)(H,53,57)/t32?,39-,41+,47?/m0/s1. The molecule has 5 aromatic rings. The fraction of sp³-hybridized carbons (Fsp3) is 0.479. The van der Waals surface area contributed by atoms with Gasteiger partial charge in [-0.05, 0) is 117 Å². The van der Waals surface area contributed by atoms with Gasteiger partial charge in [-0.15, -0.1) is 0 Å². The highest BCUT2D eigenvalue weighted by molar-refractivity contribution is 7.90. The third-order valence-electron chi connectivity index (χ3n) is 14.4. The Morgan fingerprint density at radius 3 is 2.52 bits per heavy atom. The molecule has 3 aromatic heterocycles. The summed E-state index contributed by atoms with van der Waals surface area (Å²) >= 11 is 0. The van der Waals surface area contributed by atoms with Gasteiger partial charge in [-0.3, -0.25) is 19.8 Å². The molecule has 2 aliphatic heterocycles. The molecule has 2 saturated heterocycles. The Morgan fingerprint density at radius 1 is 1.00 bits per heavy atom. The molecule has 2 saturated carbocycles. The number of aromatic amines is 1. The molecule has 4 fully saturated rings. The van der Waals surface area contributed by atoms with Gasteiger partial charge in [-0.2, -0.15) is 0 Å². The lowest BCUT2D eigenvalue weighted by Gasteiger charge is -2.57. The number of aliphatic hydroxyl groups is 1. The quantitative estimate of drug-likeness (QED) is 0.0651. The zero-order valence-corrected chi connectivity index (χ0v) is 37.6. The van der Waals surface area contributed by atoms with E-state index in [1.54, 1.807) is 31.3 Å². The lowest BCUT2D eigenvalue weighted by atomic mass is 9.70. The number of hydrogen-bond donors (Lipinski definition) is 4. The van der Waals surface area contributed by atoms with Crippen molar-refractivity contribution in [3.8, 4) is 11.5 Å². The second-order valence-corrected chi connectivity index (χ2v) is 20.9. The number of likely N-dealkylation sites (tertiary alicyclic amines) is 1. The van der Waals surface area contributed by atoms with Crippen LogP contribution in [0.1, 0.15) is 112 Å². The average Bonchev–Trinajstić information content (AvgIpc) is 3.95. The van der Waals surface area contributed by atoms with E-state index in [0.717, 1.165) is 75.2 Å². The molecule has 4 N–H and O–H groups in total. The molecule has 16 heteroatoms. The minimum Gasteiger partial charge on any atom is -0.455 e. The number of nitro groups is 1. The number of H-pyrrole nitrogens is 1. The van der Waals surface area contributed by atoms with Crippen molar-refractivity contribution in [1.82, 2.24) is 24.6 Å². The third kappa shape index (κ3) is 9.04. The van der Waals surface area contributed by atoms with E-state index in [1.807, 2.05) is 12.1 Å². The number of carbonyl (C=O) groups is 1. The van der Waals surface area contributed by atoms with Crippen LogP contribution in [0, 0.1) is 21.4 Å². The summed E-state index contributed by atoms with van der Waals surface area (Å²) in [6, 6.07) is 19.2. The van der Waals surface area contributed by atoms with Gasteiger partial charge < -0.3 is 25.0 Å². The summed E-state index contributed by atoms with van der Waals surface area (Å²) in [5.74, 6) is 0.694. The van der Waals surface area contributed by atoms with E-state index >= 15 is 0 Å². The second-order valence-electron chi connectivity index (χ2n) is 19.2. The van der Waals surface area contributed by atoms with E-state index in [-0.39, 0.29) is 28.5 Å². The average molecular weight is 891 g/mol. The first-order valence-electron chi connectivity index (χ1n) is 22.7. The van der Waals surface area contributed by atoms with Gasteiger partial charge in [-0.1, -0.05) is 44.5 Å². The van der Waals surface area contributed by atoms with Gasteiger partial charge in [0.1, 0.15) is 22.0 Å². The maximum atomic E-state index is 14.0. The van der Waals surface area contributed by atoms with Crippen molar-refractivity contribution in [2.45, 2.75) is 107 Å². The lowest BCUT2D eigenvalue weighted by Crippen LogP contribution is -2.63. The number of benzene rings is 2. The monoisotopic (exact) mass is 890 g/mol. The summed E-state index contributed by atoms with van der Waals surface area (Å²) in [4.78, 5) is 41.5. The Hall–Kier alpha value is -5.58. The van der Waals surface area contributed by atoms with Crippen LogP contribution in [0.3, 0.4) is 0 Å². The molecule has 0 unspecified atom stereocenters. The summed E-state index contributed by atoms with van der Waals surface area (Å²) < 4.78 is 35.8. The number of aromatic nitrogens is 3. The van der Waals surface area contributed by atoms with Gasteiger partial charge in [0, 0.05) is 68.2 Å². The van der Waals surface area contributed by atoms with Crippen LogP contribution in [0.2, 0.25) is 0 Å². The first-order chi connectivity index (χ1) is 30.7. The minimum atomic E-state index is -4.62. The van der Waals surface area contributed by atoms with Crippen LogP contribution < -0.4 is 19.7 Å². The van der Waals surface area contributed by atoms with Crippen molar-refractivity contribution in [3.63, 3.8) is 0 Å². The second kappa shape index (κ2) is 17.4.